The summed E-state index contributed by atoms with van der Waals surface area (Å²) in [5, 5.41) is 13.4. The molecule has 2 N–H and O–H groups in total. The Hall–Kier alpha value is -2.30. The first-order valence-electron chi connectivity index (χ1n) is 9.02. The number of nitrogens with zero attached hydrogens (tertiary/aromatic N) is 1. The Morgan fingerprint density at radius 3 is 2.64 bits per heavy atom. The Balaban J connectivity index is 1.67. The number of para-hydroxylation sites is 1. The topological polar surface area (TPSA) is 71.3 Å². The molecular formula is C20H26N2O3. The molecule has 134 valence electrons. The number of carbonyl (C=O) groups is 2. The van der Waals surface area contributed by atoms with Gasteiger partial charge in [-0.15, -0.1) is 0 Å². The number of aliphatic carboxylic acids is 1. The van der Waals surface area contributed by atoms with Gasteiger partial charge in [-0.05, 0) is 42.7 Å². The van der Waals surface area contributed by atoms with Crippen LogP contribution in [0.3, 0.4) is 0 Å². The van der Waals surface area contributed by atoms with Gasteiger partial charge in [0.25, 0.3) is 0 Å². The Kier molecular flexibility index (Phi) is 5.11. The van der Waals surface area contributed by atoms with Crippen LogP contribution in [0.5, 0.6) is 0 Å². The van der Waals surface area contributed by atoms with Crippen molar-refractivity contribution in [2.24, 2.45) is 5.41 Å². The van der Waals surface area contributed by atoms with Gasteiger partial charge in [-0.3, -0.25) is 9.59 Å². The van der Waals surface area contributed by atoms with Crippen LogP contribution in [0, 0.1) is 12.3 Å². The van der Waals surface area contributed by atoms with Gasteiger partial charge in [-0.1, -0.05) is 37.5 Å². The van der Waals surface area contributed by atoms with Gasteiger partial charge >= 0.3 is 5.97 Å². The first-order chi connectivity index (χ1) is 12.0. The van der Waals surface area contributed by atoms with Gasteiger partial charge in [0.05, 0.1) is 6.42 Å². The number of carboxylic acids is 1. The number of fused-ring (bicyclic) bond motifs is 1. The van der Waals surface area contributed by atoms with Crippen LogP contribution in [-0.4, -0.2) is 28.1 Å². The van der Waals surface area contributed by atoms with E-state index in [9.17, 15) is 14.7 Å². The van der Waals surface area contributed by atoms with Gasteiger partial charge in [-0.2, -0.15) is 0 Å². The van der Waals surface area contributed by atoms with Gasteiger partial charge < -0.3 is 15.0 Å². The third-order valence-corrected chi connectivity index (χ3v) is 5.42. The first-order valence-corrected chi connectivity index (χ1v) is 9.02. The standard InChI is InChI=1S/C20H26N2O3/c1-15-11-16-7-3-4-8-17(16)22(15)13-18(23)21-14-20(12-19(24)25)9-5-2-6-10-20/h3-4,7-8,11H,2,5-6,9-10,12-14H2,1H3,(H,21,23)(H,24,25). The number of hydrogen-bond donors (Lipinski definition) is 2. The lowest BCUT2D eigenvalue weighted by atomic mass is 9.71. The molecule has 0 spiro atoms. The number of hydrogen-bond acceptors (Lipinski definition) is 2. The molecule has 1 fully saturated rings. The fraction of sp³-hybridized carbons (Fsp3) is 0.500. The summed E-state index contributed by atoms with van der Waals surface area (Å²) in [6.07, 6.45) is 5.15. The molecule has 3 rings (SSSR count). The highest BCUT2D eigenvalue weighted by Crippen LogP contribution is 2.38. The maximum Gasteiger partial charge on any atom is 0.303 e. The van der Waals surface area contributed by atoms with E-state index in [2.05, 4.69) is 11.4 Å². The van der Waals surface area contributed by atoms with Crippen LogP contribution >= 0.6 is 0 Å². The van der Waals surface area contributed by atoms with Crippen LogP contribution in [0.1, 0.15) is 44.2 Å². The minimum Gasteiger partial charge on any atom is -0.481 e. The van der Waals surface area contributed by atoms with Crippen molar-refractivity contribution < 1.29 is 14.7 Å². The first kappa shape index (κ1) is 17.5. The van der Waals surface area contributed by atoms with Crippen molar-refractivity contribution in [1.29, 1.82) is 0 Å². The van der Waals surface area contributed by atoms with Crippen molar-refractivity contribution in [1.82, 2.24) is 9.88 Å². The molecule has 5 heteroatoms. The molecule has 0 bridgehead atoms. The van der Waals surface area contributed by atoms with Crippen LogP contribution in [0.2, 0.25) is 0 Å². The smallest absolute Gasteiger partial charge is 0.303 e. The Bertz CT molecular complexity index is 772. The molecular weight excluding hydrogens is 316 g/mol. The monoisotopic (exact) mass is 342 g/mol. The summed E-state index contributed by atoms with van der Waals surface area (Å²) in [5.74, 6) is -0.830. The highest BCUT2D eigenvalue weighted by atomic mass is 16.4. The van der Waals surface area contributed by atoms with E-state index < -0.39 is 5.97 Å². The molecule has 0 atom stereocenters. The van der Waals surface area contributed by atoms with E-state index in [0.29, 0.717) is 6.54 Å². The third kappa shape index (κ3) is 4.03. The molecule has 1 aliphatic carbocycles. The molecule has 25 heavy (non-hydrogen) atoms. The Morgan fingerprint density at radius 1 is 1.20 bits per heavy atom. The zero-order chi connectivity index (χ0) is 17.9. The van der Waals surface area contributed by atoms with Crippen molar-refractivity contribution in [3.05, 3.63) is 36.0 Å². The summed E-state index contributed by atoms with van der Waals surface area (Å²) in [6.45, 7) is 2.72. The van der Waals surface area contributed by atoms with Gasteiger partial charge in [0, 0.05) is 17.8 Å². The molecule has 2 aromatic rings. The Labute approximate surface area is 148 Å². The maximum absolute atomic E-state index is 12.5. The van der Waals surface area contributed by atoms with E-state index in [1.807, 2.05) is 35.8 Å². The zero-order valence-electron chi connectivity index (χ0n) is 14.8. The lowest BCUT2D eigenvalue weighted by molar-refractivity contribution is -0.140. The number of rotatable bonds is 6. The largest absolute Gasteiger partial charge is 0.481 e. The minimum atomic E-state index is -0.775. The van der Waals surface area contributed by atoms with E-state index >= 15 is 0 Å². The molecule has 1 aromatic heterocycles. The fourth-order valence-corrected chi connectivity index (χ4v) is 4.08. The number of amides is 1. The van der Waals surface area contributed by atoms with Crippen LogP contribution in [0.25, 0.3) is 10.9 Å². The predicted octanol–water partition coefficient (Wildman–Crippen LogP) is 3.49. The number of carbonyl (C=O) groups excluding carboxylic acids is 1. The molecule has 5 nitrogen and oxygen atoms in total. The number of carboxylic acid groups (broad SMARTS) is 1. The summed E-state index contributed by atoms with van der Waals surface area (Å²) in [6, 6.07) is 10.1. The van der Waals surface area contributed by atoms with E-state index in [-0.39, 0.29) is 24.3 Å². The second kappa shape index (κ2) is 7.30. The summed E-state index contributed by atoms with van der Waals surface area (Å²) in [7, 11) is 0. The average molecular weight is 342 g/mol. The van der Waals surface area contributed by atoms with Gasteiger partial charge in [0.15, 0.2) is 0 Å². The molecule has 0 radical (unpaired) electrons. The molecule has 0 saturated heterocycles. The highest BCUT2D eigenvalue weighted by molar-refractivity contribution is 5.84. The molecule has 1 amide bonds. The molecule has 0 unspecified atom stereocenters. The summed E-state index contributed by atoms with van der Waals surface area (Å²) in [5.41, 5.74) is 1.82. The van der Waals surface area contributed by atoms with E-state index in [1.54, 1.807) is 0 Å². The zero-order valence-corrected chi connectivity index (χ0v) is 14.8. The minimum absolute atomic E-state index is 0.0557. The quantitative estimate of drug-likeness (QED) is 0.844. The van der Waals surface area contributed by atoms with Gasteiger partial charge in [-0.25, -0.2) is 0 Å². The number of nitrogens with one attached hydrogen (secondary N) is 1. The Morgan fingerprint density at radius 2 is 1.92 bits per heavy atom. The third-order valence-electron chi connectivity index (χ3n) is 5.42. The predicted molar refractivity (Wildman–Crippen MR) is 97.5 cm³/mol. The highest BCUT2D eigenvalue weighted by Gasteiger charge is 2.34. The molecule has 1 saturated carbocycles. The van der Waals surface area contributed by atoms with Crippen LogP contribution in [-0.2, 0) is 16.1 Å². The van der Waals surface area contributed by atoms with Crippen LogP contribution in [0.4, 0.5) is 0 Å². The molecule has 1 aromatic carbocycles. The van der Waals surface area contributed by atoms with Crippen molar-refractivity contribution in [2.75, 3.05) is 6.54 Å². The van der Waals surface area contributed by atoms with E-state index in [1.165, 1.54) is 0 Å². The summed E-state index contributed by atoms with van der Waals surface area (Å²) in [4.78, 5) is 23.7. The summed E-state index contributed by atoms with van der Waals surface area (Å²) < 4.78 is 2.01. The number of benzene rings is 1. The maximum atomic E-state index is 12.5. The van der Waals surface area contributed by atoms with Crippen molar-refractivity contribution >= 4 is 22.8 Å². The van der Waals surface area contributed by atoms with Crippen LogP contribution < -0.4 is 5.32 Å². The molecule has 0 aliphatic heterocycles. The normalized spacial score (nSPS) is 16.7. The second-order valence-corrected chi connectivity index (χ2v) is 7.34. The van der Waals surface area contributed by atoms with Crippen molar-refractivity contribution in [3.8, 4) is 0 Å². The van der Waals surface area contributed by atoms with Crippen molar-refractivity contribution in [2.45, 2.75) is 52.0 Å². The lowest BCUT2D eigenvalue weighted by Gasteiger charge is -2.36. The van der Waals surface area contributed by atoms with E-state index in [0.717, 1.165) is 48.7 Å². The SMILES string of the molecule is Cc1cc2ccccc2n1CC(=O)NCC1(CC(=O)O)CCCCC1. The molecule has 1 aliphatic rings. The van der Waals surface area contributed by atoms with Crippen LogP contribution in [0.15, 0.2) is 30.3 Å². The van der Waals surface area contributed by atoms with Gasteiger partial charge in [0.1, 0.15) is 6.54 Å². The number of aromatic nitrogens is 1. The summed E-state index contributed by atoms with van der Waals surface area (Å²) >= 11 is 0. The lowest BCUT2D eigenvalue weighted by Crippen LogP contribution is -2.41. The van der Waals surface area contributed by atoms with E-state index in [4.69, 9.17) is 0 Å². The second-order valence-electron chi connectivity index (χ2n) is 7.34. The number of aryl methyl sites for hydroxylation is 1. The average Bonchev–Trinajstić information content (AvgIpc) is 2.89. The van der Waals surface area contributed by atoms with Gasteiger partial charge in [0.2, 0.25) is 5.91 Å². The fourth-order valence-electron chi connectivity index (χ4n) is 4.08. The van der Waals surface area contributed by atoms with Crippen molar-refractivity contribution in [3.63, 3.8) is 0 Å². The molecule has 1 heterocycles.